The second-order valence-corrected chi connectivity index (χ2v) is 7.20. The minimum atomic E-state index is -4.20. The van der Waals surface area contributed by atoms with E-state index in [1.54, 1.807) is 18.2 Å². The Hall–Kier alpha value is -2.21. The van der Waals surface area contributed by atoms with E-state index in [0.717, 1.165) is 15.3 Å². The van der Waals surface area contributed by atoms with Gasteiger partial charge in [-0.25, -0.2) is 9.67 Å². The van der Waals surface area contributed by atoms with Gasteiger partial charge in [-0.2, -0.15) is 4.57 Å². The van der Waals surface area contributed by atoms with Gasteiger partial charge in [-0.05, 0) is 0 Å². The smallest absolute Gasteiger partial charge is 0.387 e. The topological polar surface area (TPSA) is 174 Å². The number of rotatable bonds is 6. The maximum Gasteiger partial charge on any atom is 0.610 e. The number of pyridine rings is 1. The number of ether oxygens (including phenoxy) is 1. The van der Waals surface area contributed by atoms with Gasteiger partial charge in [0.1, 0.15) is 24.6 Å². The summed E-state index contributed by atoms with van der Waals surface area (Å²) in [7, 11) is -4.20. The predicted octanol–water partition coefficient (Wildman–Crippen LogP) is -2.05. The molecule has 26 heavy (non-hydrogen) atoms. The highest BCUT2D eigenvalue weighted by Crippen LogP contribution is 2.37. The average molecular weight is 386 g/mol. The van der Waals surface area contributed by atoms with Crippen LogP contribution in [0.15, 0.2) is 36.9 Å². The largest absolute Gasteiger partial charge is 0.610 e. The summed E-state index contributed by atoms with van der Waals surface area (Å²) in [6.45, 7) is -0.470. The molecule has 1 unspecified atom stereocenters. The summed E-state index contributed by atoms with van der Waals surface area (Å²) in [4.78, 5) is 24.7. The van der Waals surface area contributed by atoms with Gasteiger partial charge in [-0.15, -0.1) is 9.44 Å². The van der Waals surface area contributed by atoms with Gasteiger partial charge in [-0.1, -0.05) is 6.07 Å². The van der Waals surface area contributed by atoms with Crippen LogP contribution in [0.2, 0.25) is 0 Å². The van der Waals surface area contributed by atoms with Gasteiger partial charge >= 0.3 is 7.75 Å². The fourth-order valence-electron chi connectivity index (χ4n) is 2.39. The standard InChI is InChI=1S/C13H16N5O7P/c14-11(21)12-15-7-18(16-12)13-10(20)9(19)8(25-13)6-24-26(22,23)17-4-2-1-3-5-17/h1-5,7-10,13,19-20H,6H2,(H2-,14,21,22,23)/p+1/t8-,9-,10-,13-/m1/s1. The molecule has 0 aliphatic carbocycles. The molecule has 3 heterocycles. The van der Waals surface area contributed by atoms with Crippen LogP contribution in [0.3, 0.4) is 0 Å². The van der Waals surface area contributed by atoms with E-state index < -0.39 is 44.8 Å². The molecule has 0 saturated carbocycles. The SMILES string of the molecule is NC(=O)c1ncn([C@@H]2O[C@H](COP(=O)(O)[n+]3ccccc3)[C@@H](O)[C@H]2O)n1. The predicted molar refractivity (Wildman–Crippen MR) is 82.3 cm³/mol. The molecule has 3 rings (SSSR count). The molecule has 2 aromatic heterocycles. The summed E-state index contributed by atoms with van der Waals surface area (Å²) in [5.41, 5.74) is 5.05. The third-order valence-electron chi connectivity index (χ3n) is 3.73. The normalized spacial score (nSPS) is 28.0. The maximum absolute atomic E-state index is 12.2. The van der Waals surface area contributed by atoms with Crippen molar-refractivity contribution >= 4 is 13.7 Å². The van der Waals surface area contributed by atoms with Crippen LogP contribution in [0, 0.1) is 0 Å². The molecule has 13 heteroatoms. The highest BCUT2D eigenvalue weighted by molar-refractivity contribution is 7.45. The Bertz CT molecular complexity index is 831. The molecule has 1 amide bonds. The quantitative estimate of drug-likeness (QED) is 0.407. The number of hydrogen-bond donors (Lipinski definition) is 4. The van der Waals surface area contributed by atoms with Crippen LogP contribution in [-0.2, 0) is 13.8 Å². The zero-order chi connectivity index (χ0) is 18.9. The molecule has 12 nitrogen and oxygen atoms in total. The lowest BCUT2D eigenvalue weighted by atomic mass is 10.1. The highest BCUT2D eigenvalue weighted by atomic mass is 31.2. The average Bonchev–Trinajstić information content (AvgIpc) is 3.21. The minimum absolute atomic E-state index is 0.282. The number of hydrogen-bond acceptors (Lipinski definition) is 8. The Labute approximate surface area is 147 Å². The van der Waals surface area contributed by atoms with Crippen molar-refractivity contribution < 1.29 is 38.1 Å². The van der Waals surface area contributed by atoms with Gasteiger partial charge in [0, 0.05) is 12.1 Å². The molecule has 1 saturated heterocycles. The van der Waals surface area contributed by atoms with Crippen LogP contribution in [0.4, 0.5) is 0 Å². The van der Waals surface area contributed by atoms with Crippen molar-refractivity contribution in [3.8, 4) is 0 Å². The lowest BCUT2D eigenvalue weighted by Gasteiger charge is -2.14. The van der Waals surface area contributed by atoms with Crippen LogP contribution in [0.5, 0.6) is 0 Å². The first-order chi connectivity index (χ1) is 12.3. The van der Waals surface area contributed by atoms with Crippen LogP contribution >= 0.6 is 7.75 Å². The number of aliphatic hydroxyl groups excluding tert-OH is 2. The number of carbonyl (C=O) groups is 1. The second-order valence-electron chi connectivity index (χ2n) is 5.50. The third kappa shape index (κ3) is 3.65. The molecular formula is C13H17N5O7P+. The maximum atomic E-state index is 12.2. The second kappa shape index (κ2) is 7.19. The number of amides is 1. The fourth-order valence-corrected chi connectivity index (χ4v) is 3.36. The Morgan fingerprint density at radius 1 is 1.35 bits per heavy atom. The monoisotopic (exact) mass is 386 g/mol. The number of aliphatic hydroxyl groups is 2. The van der Waals surface area contributed by atoms with Gasteiger partial charge in [0.15, 0.2) is 18.6 Å². The summed E-state index contributed by atoms with van der Waals surface area (Å²) in [5.74, 6) is -1.15. The van der Waals surface area contributed by atoms with Gasteiger partial charge in [0.2, 0.25) is 5.82 Å². The minimum Gasteiger partial charge on any atom is -0.387 e. The first-order valence-corrected chi connectivity index (χ1v) is 8.99. The summed E-state index contributed by atoms with van der Waals surface area (Å²) in [6, 6.07) is 4.77. The molecular weight excluding hydrogens is 369 g/mol. The summed E-state index contributed by atoms with van der Waals surface area (Å²) < 4.78 is 24.7. The molecule has 0 radical (unpaired) electrons. The molecule has 5 N–H and O–H groups in total. The van der Waals surface area contributed by atoms with E-state index in [1.165, 1.54) is 12.4 Å². The van der Waals surface area contributed by atoms with Crippen molar-refractivity contribution in [2.45, 2.75) is 24.5 Å². The van der Waals surface area contributed by atoms with Crippen LogP contribution in [0.25, 0.3) is 0 Å². The molecule has 5 atom stereocenters. The molecule has 0 aromatic carbocycles. The zero-order valence-corrected chi connectivity index (χ0v) is 14.2. The van der Waals surface area contributed by atoms with Gasteiger partial charge in [0.25, 0.3) is 5.91 Å². The van der Waals surface area contributed by atoms with E-state index in [9.17, 15) is 24.5 Å². The van der Waals surface area contributed by atoms with E-state index in [1.807, 2.05) is 0 Å². The Morgan fingerprint density at radius 3 is 2.65 bits per heavy atom. The number of nitrogens with zero attached hydrogens (tertiary/aromatic N) is 4. The molecule has 1 fully saturated rings. The lowest BCUT2D eigenvalue weighted by Crippen LogP contribution is -2.36. The van der Waals surface area contributed by atoms with E-state index in [4.69, 9.17) is 15.0 Å². The molecule has 0 spiro atoms. The van der Waals surface area contributed by atoms with Crippen molar-refractivity contribution in [2.75, 3.05) is 6.61 Å². The third-order valence-corrected chi connectivity index (χ3v) is 5.06. The van der Waals surface area contributed by atoms with E-state index in [0.29, 0.717) is 0 Å². The number of nitrogens with two attached hydrogens (primary N) is 1. The molecule has 140 valence electrons. The fraction of sp³-hybridized carbons (Fsp3) is 0.385. The molecule has 0 bridgehead atoms. The van der Waals surface area contributed by atoms with Crippen molar-refractivity contribution in [1.29, 1.82) is 0 Å². The van der Waals surface area contributed by atoms with Crippen molar-refractivity contribution in [2.24, 2.45) is 5.73 Å². The highest BCUT2D eigenvalue weighted by Gasteiger charge is 2.46. The summed E-state index contributed by atoms with van der Waals surface area (Å²) in [6.07, 6.45) is -1.30. The van der Waals surface area contributed by atoms with Gasteiger partial charge in [0.05, 0.1) is 6.61 Å². The van der Waals surface area contributed by atoms with E-state index in [-0.39, 0.29) is 5.82 Å². The van der Waals surface area contributed by atoms with Crippen molar-refractivity contribution in [3.05, 3.63) is 42.7 Å². The number of aromatic nitrogens is 4. The van der Waals surface area contributed by atoms with Gasteiger partial charge < -0.3 is 20.7 Å². The molecule has 1 aliphatic rings. The first kappa shape index (κ1) is 18.6. The summed E-state index contributed by atoms with van der Waals surface area (Å²) >= 11 is 0. The Balaban J connectivity index is 1.68. The van der Waals surface area contributed by atoms with Crippen LogP contribution in [0.1, 0.15) is 16.8 Å². The first-order valence-electron chi connectivity index (χ1n) is 7.46. The summed E-state index contributed by atoms with van der Waals surface area (Å²) in [5, 5.41) is 23.9. The Morgan fingerprint density at radius 2 is 2.04 bits per heavy atom. The van der Waals surface area contributed by atoms with Gasteiger partial charge in [-0.3, -0.25) is 14.2 Å². The van der Waals surface area contributed by atoms with E-state index >= 15 is 0 Å². The Kier molecular flexibility index (Phi) is 5.14. The van der Waals surface area contributed by atoms with Crippen LogP contribution in [-0.4, -0.2) is 60.7 Å². The lowest BCUT2D eigenvalue weighted by molar-refractivity contribution is -0.540. The number of carbonyl (C=O) groups excluding carboxylic acids is 1. The molecule has 2 aromatic rings. The van der Waals surface area contributed by atoms with E-state index in [2.05, 4.69) is 10.1 Å². The zero-order valence-electron chi connectivity index (χ0n) is 13.3. The van der Waals surface area contributed by atoms with Crippen LogP contribution < -0.4 is 10.1 Å². The number of primary amides is 1. The van der Waals surface area contributed by atoms with Crippen molar-refractivity contribution in [3.63, 3.8) is 0 Å². The van der Waals surface area contributed by atoms with Crippen molar-refractivity contribution in [1.82, 2.24) is 14.8 Å². The molecule has 1 aliphatic heterocycles.